The lowest BCUT2D eigenvalue weighted by Crippen LogP contribution is -2.32. The van der Waals surface area contributed by atoms with Crippen molar-refractivity contribution in [2.75, 3.05) is 13.6 Å². The Balaban J connectivity index is 1.89. The minimum Gasteiger partial charge on any atom is -0.445 e. The van der Waals surface area contributed by atoms with Crippen LogP contribution in [0.25, 0.3) is 0 Å². The number of carbonyl (C=O) groups is 2. The zero-order valence-electron chi connectivity index (χ0n) is 13.7. The molecule has 0 atom stereocenters. The molecule has 0 unspecified atom stereocenters. The third-order valence-corrected chi connectivity index (χ3v) is 3.73. The number of carbonyl (C=O) groups excluding carboxylic acids is 2. The fourth-order valence-corrected chi connectivity index (χ4v) is 2.12. The standard InChI is InChI=1S/C19H21NO3/c1-14-9-10-17(11-15(14)2)18(21)12-20(3)19(22)23-13-16-7-5-4-6-8-16/h4-11H,12-13H2,1-3H3. The SMILES string of the molecule is Cc1ccc(C(=O)CN(C)C(=O)OCc2ccccc2)cc1C. The van der Waals surface area contributed by atoms with Gasteiger partial charge in [0.15, 0.2) is 5.78 Å². The molecular formula is C19H21NO3. The van der Waals surface area contributed by atoms with E-state index in [0.717, 1.165) is 16.7 Å². The van der Waals surface area contributed by atoms with Crippen molar-refractivity contribution in [1.82, 2.24) is 4.90 Å². The summed E-state index contributed by atoms with van der Waals surface area (Å²) in [6, 6.07) is 15.0. The van der Waals surface area contributed by atoms with E-state index in [0.29, 0.717) is 5.56 Å². The highest BCUT2D eigenvalue weighted by atomic mass is 16.6. The molecule has 0 N–H and O–H groups in total. The Morgan fingerprint density at radius 3 is 2.35 bits per heavy atom. The number of benzene rings is 2. The molecule has 0 aromatic heterocycles. The van der Waals surface area contributed by atoms with Crippen molar-refractivity contribution < 1.29 is 14.3 Å². The molecule has 23 heavy (non-hydrogen) atoms. The largest absolute Gasteiger partial charge is 0.445 e. The topological polar surface area (TPSA) is 46.6 Å². The van der Waals surface area contributed by atoms with E-state index in [4.69, 9.17) is 4.74 Å². The zero-order valence-corrected chi connectivity index (χ0v) is 13.7. The first-order chi connectivity index (χ1) is 11.0. The van der Waals surface area contributed by atoms with Crippen LogP contribution in [-0.4, -0.2) is 30.4 Å². The number of amides is 1. The van der Waals surface area contributed by atoms with Crippen LogP contribution >= 0.6 is 0 Å². The average Bonchev–Trinajstić information content (AvgIpc) is 2.55. The van der Waals surface area contributed by atoms with Gasteiger partial charge in [-0.25, -0.2) is 4.79 Å². The van der Waals surface area contributed by atoms with Gasteiger partial charge in [-0.1, -0.05) is 42.5 Å². The van der Waals surface area contributed by atoms with Crippen LogP contribution < -0.4 is 0 Å². The predicted octanol–water partition coefficient (Wildman–Crippen LogP) is 3.75. The Morgan fingerprint density at radius 2 is 1.70 bits per heavy atom. The number of rotatable bonds is 5. The van der Waals surface area contributed by atoms with Gasteiger partial charge in [0.2, 0.25) is 0 Å². The fourth-order valence-electron chi connectivity index (χ4n) is 2.12. The van der Waals surface area contributed by atoms with Crippen LogP contribution in [0.1, 0.15) is 27.0 Å². The van der Waals surface area contributed by atoms with Crippen LogP contribution in [0, 0.1) is 13.8 Å². The summed E-state index contributed by atoms with van der Waals surface area (Å²) in [6.07, 6.45) is -0.508. The Kier molecular flexibility index (Phi) is 5.52. The Hall–Kier alpha value is -2.62. The highest BCUT2D eigenvalue weighted by Crippen LogP contribution is 2.11. The van der Waals surface area contributed by atoms with Gasteiger partial charge >= 0.3 is 6.09 Å². The molecule has 4 heteroatoms. The fraction of sp³-hybridized carbons (Fsp3) is 0.263. The first kappa shape index (κ1) is 16.7. The number of Topliss-reactive ketones (excluding diaryl/α,β-unsaturated/α-hetero) is 1. The van der Waals surface area contributed by atoms with E-state index >= 15 is 0 Å². The molecule has 0 heterocycles. The van der Waals surface area contributed by atoms with E-state index in [1.807, 2.05) is 56.3 Å². The predicted molar refractivity (Wildman–Crippen MR) is 89.5 cm³/mol. The molecule has 2 aromatic rings. The van der Waals surface area contributed by atoms with Crippen LogP contribution in [0.4, 0.5) is 4.79 Å². The second kappa shape index (κ2) is 7.58. The van der Waals surface area contributed by atoms with Crippen LogP contribution in [0.3, 0.4) is 0 Å². The van der Waals surface area contributed by atoms with Crippen molar-refractivity contribution in [2.45, 2.75) is 20.5 Å². The molecule has 0 saturated carbocycles. The molecule has 4 nitrogen and oxygen atoms in total. The van der Waals surface area contributed by atoms with Crippen molar-refractivity contribution >= 4 is 11.9 Å². The summed E-state index contributed by atoms with van der Waals surface area (Å²) in [7, 11) is 1.56. The first-order valence-electron chi connectivity index (χ1n) is 7.49. The molecular weight excluding hydrogens is 290 g/mol. The number of ether oxygens (including phenoxy) is 1. The number of aryl methyl sites for hydroxylation is 2. The van der Waals surface area contributed by atoms with Crippen LogP contribution in [0.15, 0.2) is 48.5 Å². The molecule has 0 bridgehead atoms. The third-order valence-electron chi connectivity index (χ3n) is 3.73. The average molecular weight is 311 g/mol. The Morgan fingerprint density at radius 1 is 1.00 bits per heavy atom. The smallest absolute Gasteiger partial charge is 0.410 e. The molecule has 0 spiro atoms. The molecule has 1 amide bonds. The Bertz CT molecular complexity index is 695. The lowest BCUT2D eigenvalue weighted by molar-refractivity contribution is 0.0850. The van der Waals surface area contributed by atoms with Crippen LogP contribution in [0.2, 0.25) is 0 Å². The molecule has 120 valence electrons. The number of ketones is 1. The van der Waals surface area contributed by atoms with Gasteiger partial charge in [-0.2, -0.15) is 0 Å². The highest BCUT2D eigenvalue weighted by Gasteiger charge is 2.16. The maximum Gasteiger partial charge on any atom is 0.410 e. The summed E-state index contributed by atoms with van der Waals surface area (Å²) in [4.78, 5) is 25.5. The molecule has 0 aliphatic heterocycles. The third kappa shape index (κ3) is 4.68. The quantitative estimate of drug-likeness (QED) is 0.790. The first-order valence-corrected chi connectivity index (χ1v) is 7.49. The normalized spacial score (nSPS) is 10.2. The van der Waals surface area contributed by atoms with Gasteiger partial charge in [0.05, 0.1) is 6.54 Å². The maximum atomic E-state index is 12.2. The van der Waals surface area contributed by atoms with Crippen molar-refractivity contribution in [1.29, 1.82) is 0 Å². The van der Waals surface area contributed by atoms with Crippen molar-refractivity contribution in [3.05, 3.63) is 70.8 Å². The lowest BCUT2D eigenvalue weighted by atomic mass is 10.0. The second-order valence-electron chi connectivity index (χ2n) is 5.62. The summed E-state index contributed by atoms with van der Waals surface area (Å²) in [5, 5.41) is 0. The monoisotopic (exact) mass is 311 g/mol. The highest BCUT2D eigenvalue weighted by molar-refractivity contribution is 5.99. The number of nitrogens with zero attached hydrogens (tertiary/aromatic N) is 1. The second-order valence-corrected chi connectivity index (χ2v) is 5.62. The molecule has 2 rings (SSSR count). The molecule has 0 aliphatic carbocycles. The van der Waals surface area contributed by atoms with Gasteiger partial charge < -0.3 is 9.64 Å². The van der Waals surface area contributed by atoms with Crippen molar-refractivity contribution in [2.24, 2.45) is 0 Å². The van der Waals surface area contributed by atoms with Crippen LogP contribution in [0.5, 0.6) is 0 Å². The minimum absolute atomic E-state index is 0.00385. The summed E-state index contributed by atoms with van der Waals surface area (Å²) in [6.45, 7) is 4.15. The maximum absolute atomic E-state index is 12.2. The van der Waals surface area contributed by atoms with Crippen LogP contribution in [-0.2, 0) is 11.3 Å². The number of hydrogen-bond donors (Lipinski definition) is 0. The van der Waals surface area contributed by atoms with Gasteiger partial charge in [-0.3, -0.25) is 4.79 Å². The minimum atomic E-state index is -0.508. The molecule has 0 radical (unpaired) electrons. The zero-order chi connectivity index (χ0) is 16.8. The number of hydrogen-bond acceptors (Lipinski definition) is 3. The van der Waals surface area contributed by atoms with Gasteiger partial charge in [0, 0.05) is 12.6 Å². The molecule has 0 saturated heterocycles. The van der Waals surface area contributed by atoms with Gasteiger partial charge in [-0.15, -0.1) is 0 Å². The van der Waals surface area contributed by atoms with E-state index in [2.05, 4.69) is 0 Å². The van der Waals surface area contributed by atoms with Crippen molar-refractivity contribution in [3.63, 3.8) is 0 Å². The molecule has 0 fully saturated rings. The molecule has 0 aliphatic rings. The summed E-state index contributed by atoms with van der Waals surface area (Å²) >= 11 is 0. The summed E-state index contributed by atoms with van der Waals surface area (Å²) < 4.78 is 5.20. The lowest BCUT2D eigenvalue weighted by Gasteiger charge is -2.16. The van der Waals surface area contributed by atoms with E-state index in [9.17, 15) is 9.59 Å². The van der Waals surface area contributed by atoms with Crippen molar-refractivity contribution in [3.8, 4) is 0 Å². The molecule has 2 aromatic carbocycles. The van der Waals surface area contributed by atoms with E-state index in [-0.39, 0.29) is 18.9 Å². The van der Waals surface area contributed by atoms with E-state index in [1.165, 1.54) is 4.90 Å². The van der Waals surface area contributed by atoms with E-state index in [1.54, 1.807) is 13.1 Å². The van der Waals surface area contributed by atoms with Gasteiger partial charge in [0.25, 0.3) is 0 Å². The van der Waals surface area contributed by atoms with Gasteiger partial charge in [-0.05, 0) is 36.6 Å². The van der Waals surface area contributed by atoms with Gasteiger partial charge in [0.1, 0.15) is 6.61 Å². The Labute approximate surface area is 136 Å². The summed E-state index contributed by atoms with van der Waals surface area (Å²) in [5.41, 5.74) is 3.72. The number of likely N-dealkylation sites (N-methyl/N-ethyl adjacent to an activating group) is 1. The van der Waals surface area contributed by atoms with E-state index < -0.39 is 6.09 Å². The summed E-state index contributed by atoms with van der Waals surface area (Å²) in [5.74, 6) is -0.104.